The topological polar surface area (TPSA) is 58.6 Å². The minimum Gasteiger partial charge on any atom is -0.368 e. The van der Waals surface area contributed by atoms with E-state index in [0.29, 0.717) is 44.4 Å². The molecule has 1 fully saturated rings. The Morgan fingerprint density at radius 3 is 2.78 bits per heavy atom. The van der Waals surface area contributed by atoms with Crippen molar-refractivity contribution in [3.63, 3.8) is 0 Å². The summed E-state index contributed by atoms with van der Waals surface area (Å²) in [7, 11) is 0. The molecule has 0 aromatic heterocycles. The number of terminal acetylenes is 1. The minimum absolute atomic E-state index is 0.0885. The highest BCUT2D eigenvalue weighted by molar-refractivity contribution is 5.77. The number of benzene rings is 1. The maximum absolute atomic E-state index is 12.2. The molecule has 2 rings (SSSR count). The average molecular weight is 370 g/mol. The summed E-state index contributed by atoms with van der Waals surface area (Å²) in [5.74, 6) is 3.25. The van der Waals surface area contributed by atoms with E-state index in [4.69, 9.17) is 11.2 Å². The molecular weight excluding hydrogens is 340 g/mol. The van der Waals surface area contributed by atoms with Crippen molar-refractivity contribution in [2.45, 2.75) is 32.6 Å². The summed E-state index contributed by atoms with van der Waals surface area (Å²) < 4.78 is 5.17. The van der Waals surface area contributed by atoms with Crippen molar-refractivity contribution < 1.29 is 14.3 Å². The number of likely N-dealkylation sites (tertiary alicyclic amines) is 1. The Morgan fingerprint density at radius 2 is 2.04 bits per heavy atom. The molecular formula is C22H30N2O3. The van der Waals surface area contributed by atoms with Crippen LogP contribution in [-0.4, -0.2) is 49.6 Å². The molecule has 1 aliphatic rings. The van der Waals surface area contributed by atoms with Crippen LogP contribution in [0.15, 0.2) is 30.3 Å². The van der Waals surface area contributed by atoms with Crippen LogP contribution in [0, 0.1) is 24.2 Å². The predicted molar refractivity (Wildman–Crippen MR) is 106 cm³/mol. The zero-order chi connectivity index (χ0) is 19.5. The Balaban J connectivity index is 1.63. The quantitative estimate of drug-likeness (QED) is 0.508. The number of ether oxygens (including phenoxy) is 1. The number of rotatable bonds is 10. The van der Waals surface area contributed by atoms with E-state index in [2.05, 4.69) is 30.3 Å². The second-order valence-corrected chi connectivity index (χ2v) is 7.19. The lowest BCUT2D eigenvalue weighted by Crippen LogP contribution is -2.33. The number of nitrogens with one attached hydrogen (secondary N) is 1. The third kappa shape index (κ3) is 7.44. The number of hydrogen-bond donors (Lipinski definition) is 1. The molecule has 1 aliphatic heterocycles. The van der Waals surface area contributed by atoms with Crippen LogP contribution < -0.4 is 5.32 Å². The summed E-state index contributed by atoms with van der Waals surface area (Å²) in [5, 5.41) is 3.04. The molecule has 0 spiro atoms. The highest BCUT2D eigenvalue weighted by Gasteiger charge is 2.32. The first-order valence-corrected chi connectivity index (χ1v) is 9.69. The van der Waals surface area contributed by atoms with Gasteiger partial charge in [0.2, 0.25) is 11.8 Å². The average Bonchev–Trinajstić information content (AvgIpc) is 3.05. The van der Waals surface area contributed by atoms with Crippen LogP contribution >= 0.6 is 0 Å². The Bertz CT molecular complexity index is 639. The molecule has 1 N–H and O–H groups in total. The van der Waals surface area contributed by atoms with Gasteiger partial charge in [0, 0.05) is 26.1 Å². The standard InChI is InChI=1S/C22H30N2O3/c1-3-13-27-14-12-22(26)24-16-18(2)20(17-24)15-23-21(25)11-7-10-19-8-5-4-6-9-19/h1,4-6,8-9,18,20H,7,10-17H2,2H3,(H,23,25)/t18-,20-/m1/s1. The van der Waals surface area contributed by atoms with Gasteiger partial charge in [-0.1, -0.05) is 43.2 Å². The molecule has 0 unspecified atom stereocenters. The van der Waals surface area contributed by atoms with Gasteiger partial charge in [-0.3, -0.25) is 9.59 Å². The molecule has 27 heavy (non-hydrogen) atoms. The summed E-state index contributed by atoms with van der Waals surface area (Å²) in [6.07, 6.45) is 7.76. The molecule has 0 radical (unpaired) electrons. The molecule has 146 valence electrons. The van der Waals surface area contributed by atoms with Crippen molar-refractivity contribution in [1.29, 1.82) is 0 Å². The molecule has 1 saturated heterocycles. The van der Waals surface area contributed by atoms with Crippen molar-refractivity contribution in [2.75, 3.05) is 32.8 Å². The molecule has 0 bridgehead atoms. The summed E-state index contributed by atoms with van der Waals surface area (Å²) >= 11 is 0. The van der Waals surface area contributed by atoms with E-state index in [1.54, 1.807) is 0 Å². The summed E-state index contributed by atoms with van der Waals surface area (Å²) in [5.41, 5.74) is 1.26. The van der Waals surface area contributed by atoms with Crippen LogP contribution in [0.4, 0.5) is 0 Å². The first kappa shape index (κ1) is 21.0. The second kappa shape index (κ2) is 11.4. The maximum atomic E-state index is 12.2. The van der Waals surface area contributed by atoms with E-state index >= 15 is 0 Å². The highest BCUT2D eigenvalue weighted by Crippen LogP contribution is 2.23. The predicted octanol–water partition coefficient (Wildman–Crippen LogP) is 2.26. The third-order valence-electron chi connectivity index (χ3n) is 5.04. The fourth-order valence-electron chi connectivity index (χ4n) is 3.38. The number of nitrogens with zero attached hydrogens (tertiary/aromatic N) is 1. The van der Waals surface area contributed by atoms with Crippen LogP contribution in [0.5, 0.6) is 0 Å². The van der Waals surface area contributed by atoms with Crippen molar-refractivity contribution in [3.8, 4) is 12.3 Å². The molecule has 2 atom stereocenters. The van der Waals surface area contributed by atoms with Gasteiger partial charge >= 0.3 is 0 Å². The smallest absolute Gasteiger partial charge is 0.224 e. The third-order valence-corrected chi connectivity index (χ3v) is 5.04. The molecule has 1 aromatic carbocycles. The van der Waals surface area contributed by atoms with Crippen LogP contribution in [0.2, 0.25) is 0 Å². The van der Waals surface area contributed by atoms with Crippen molar-refractivity contribution in [1.82, 2.24) is 10.2 Å². The van der Waals surface area contributed by atoms with Gasteiger partial charge in [0.15, 0.2) is 0 Å². The Morgan fingerprint density at radius 1 is 1.26 bits per heavy atom. The Labute approximate surface area is 162 Å². The SMILES string of the molecule is C#CCOCCC(=O)N1C[C@@H](CNC(=O)CCCc2ccccc2)[C@H](C)C1. The van der Waals surface area contributed by atoms with E-state index in [0.717, 1.165) is 19.4 Å². The molecule has 5 heteroatoms. The number of carbonyl (C=O) groups is 2. The fraction of sp³-hybridized carbons (Fsp3) is 0.545. The van der Waals surface area contributed by atoms with E-state index in [-0.39, 0.29) is 18.4 Å². The lowest BCUT2D eigenvalue weighted by molar-refractivity contribution is -0.131. The number of carbonyl (C=O) groups excluding carboxylic acids is 2. The molecule has 1 aromatic rings. The largest absolute Gasteiger partial charge is 0.368 e. The first-order chi connectivity index (χ1) is 13.1. The lowest BCUT2D eigenvalue weighted by Gasteiger charge is -2.17. The van der Waals surface area contributed by atoms with Crippen molar-refractivity contribution >= 4 is 11.8 Å². The first-order valence-electron chi connectivity index (χ1n) is 9.69. The second-order valence-electron chi connectivity index (χ2n) is 7.19. The molecule has 5 nitrogen and oxygen atoms in total. The van der Waals surface area contributed by atoms with Gasteiger partial charge in [0.1, 0.15) is 6.61 Å². The van der Waals surface area contributed by atoms with Gasteiger partial charge in [-0.15, -0.1) is 6.42 Å². The maximum Gasteiger partial charge on any atom is 0.224 e. The fourth-order valence-corrected chi connectivity index (χ4v) is 3.38. The van der Waals surface area contributed by atoms with Crippen LogP contribution in [0.3, 0.4) is 0 Å². The van der Waals surface area contributed by atoms with Crippen molar-refractivity contribution in [2.24, 2.45) is 11.8 Å². The summed E-state index contributed by atoms with van der Waals surface area (Å²) in [4.78, 5) is 26.2. The van der Waals surface area contributed by atoms with Gasteiger partial charge in [0.05, 0.1) is 13.0 Å². The number of aryl methyl sites for hydroxylation is 1. The zero-order valence-corrected chi connectivity index (χ0v) is 16.2. The van der Waals surface area contributed by atoms with Gasteiger partial charge in [-0.2, -0.15) is 0 Å². The van der Waals surface area contributed by atoms with Crippen LogP contribution in [-0.2, 0) is 20.7 Å². The number of hydrogen-bond acceptors (Lipinski definition) is 3. The van der Waals surface area contributed by atoms with Gasteiger partial charge in [0.25, 0.3) is 0 Å². The highest BCUT2D eigenvalue weighted by atomic mass is 16.5. The van der Waals surface area contributed by atoms with Gasteiger partial charge in [-0.05, 0) is 30.2 Å². The zero-order valence-electron chi connectivity index (χ0n) is 16.2. The van der Waals surface area contributed by atoms with Crippen molar-refractivity contribution in [3.05, 3.63) is 35.9 Å². The molecule has 2 amide bonds. The monoisotopic (exact) mass is 370 g/mol. The van der Waals surface area contributed by atoms with Gasteiger partial charge in [-0.25, -0.2) is 0 Å². The summed E-state index contributed by atoms with van der Waals surface area (Å²) in [6.45, 7) is 4.79. The molecule has 1 heterocycles. The van der Waals surface area contributed by atoms with E-state index in [9.17, 15) is 9.59 Å². The lowest BCUT2D eigenvalue weighted by atomic mass is 9.98. The minimum atomic E-state index is 0.0885. The molecule has 0 saturated carbocycles. The molecule has 0 aliphatic carbocycles. The number of amides is 2. The summed E-state index contributed by atoms with van der Waals surface area (Å²) in [6, 6.07) is 10.2. The van der Waals surface area contributed by atoms with Gasteiger partial charge < -0.3 is 15.0 Å². The van der Waals surface area contributed by atoms with Crippen LogP contribution in [0.25, 0.3) is 0 Å². The van der Waals surface area contributed by atoms with E-state index in [1.807, 2.05) is 23.1 Å². The Hall–Kier alpha value is -2.32. The van der Waals surface area contributed by atoms with Crippen LogP contribution in [0.1, 0.15) is 31.7 Å². The normalized spacial score (nSPS) is 18.9. The Kier molecular flexibility index (Phi) is 8.86. The van der Waals surface area contributed by atoms with E-state index in [1.165, 1.54) is 5.56 Å². The van der Waals surface area contributed by atoms with E-state index < -0.39 is 0 Å².